The Morgan fingerprint density at radius 2 is 1.17 bits per heavy atom. The van der Waals surface area contributed by atoms with Crippen LogP contribution in [0.25, 0.3) is 0 Å². The Labute approximate surface area is 145 Å². The van der Waals surface area contributed by atoms with Gasteiger partial charge in [0, 0.05) is 19.1 Å². The Hall–Kier alpha value is -0.430. The van der Waals surface area contributed by atoms with Gasteiger partial charge in [-0.05, 0) is 66.7 Å². The minimum absolute atomic E-state index is 0.132. The van der Waals surface area contributed by atoms with E-state index in [1.807, 2.05) is 0 Å². The van der Waals surface area contributed by atoms with Gasteiger partial charge in [-0.3, -0.25) is 0 Å². The van der Waals surface area contributed by atoms with E-state index in [0.717, 1.165) is 6.02 Å². The quantitative estimate of drug-likeness (QED) is 0.343. The van der Waals surface area contributed by atoms with Crippen molar-refractivity contribution in [1.29, 1.82) is 0 Å². The van der Waals surface area contributed by atoms with Crippen molar-refractivity contribution in [3.63, 3.8) is 0 Å². The van der Waals surface area contributed by atoms with E-state index in [4.69, 9.17) is 9.50 Å². The summed E-state index contributed by atoms with van der Waals surface area (Å²) in [6.07, 6.45) is 0.132. The van der Waals surface area contributed by atoms with Crippen molar-refractivity contribution in [2.24, 2.45) is 4.76 Å². The minimum Gasteiger partial charge on any atom is -0.462 e. The molecule has 0 saturated carbocycles. The third-order valence-corrected chi connectivity index (χ3v) is 9.30. The summed E-state index contributed by atoms with van der Waals surface area (Å²) in [5, 5.41) is 1.46. The van der Waals surface area contributed by atoms with Crippen LogP contribution in [-0.4, -0.2) is 45.7 Å². The van der Waals surface area contributed by atoms with E-state index < -0.39 is 7.04 Å². The lowest BCUT2D eigenvalue weighted by atomic mass is 10.2. The van der Waals surface area contributed by atoms with Crippen molar-refractivity contribution in [3.8, 4) is 0 Å². The fourth-order valence-corrected chi connectivity index (χ4v) is 7.84. The number of hydrogen-bond donors (Lipinski definition) is 0. The van der Waals surface area contributed by atoms with Gasteiger partial charge in [-0.15, -0.1) is 0 Å². The highest BCUT2D eigenvalue weighted by Crippen LogP contribution is 2.59. The summed E-state index contributed by atoms with van der Waals surface area (Å²) in [7, 11) is -1.62. The summed E-state index contributed by atoms with van der Waals surface area (Å²) in [6.45, 7) is 26.8. The van der Waals surface area contributed by atoms with Crippen molar-refractivity contribution >= 4 is 18.4 Å². The highest BCUT2D eigenvalue weighted by molar-refractivity contribution is 7.76. The zero-order valence-electron chi connectivity index (χ0n) is 17.6. The number of rotatable bonds is 6. The first-order valence-corrected chi connectivity index (χ1v) is 11.0. The van der Waals surface area contributed by atoms with Gasteiger partial charge < -0.3 is 9.64 Å². The molecule has 0 heterocycles. The van der Waals surface area contributed by atoms with Gasteiger partial charge >= 0.3 is 0 Å². The van der Waals surface area contributed by atoms with Crippen LogP contribution in [-0.2, 0) is 4.74 Å². The molecule has 0 aromatic rings. The molecule has 0 spiro atoms. The van der Waals surface area contributed by atoms with Crippen molar-refractivity contribution < 1.29 is 4.74 Å². The van der Waals surface area contributed by atoms with Crippen molar-refractivity contribution in [2.45, 2.75) is 113 Å². The summed E-state index contributed by atoms with van der Waals surface area (Å²) in [5.41, 5.74) is 1.05. The molecule has 0 rings (SSSR count). The zero-order valence-corrected chi connectivity index (χ0v) is 18.5. The smallest absolute Gasteiger partial charge is 0.291 e. The molecule has 0 amide bonds. The average molecular weight is 345 g/mol. The number of hydrogen-bond acceptors (Lipinski definition) is 2. The number of ether oxygens (including phenoxy) is 1. The Balaban J connectivity index is 6.44. The molecule has 0 saturated heterocycles. The van der Waals surface area contributed by atoms with Crippen LogP contribution >= 0.6 is 7.04 Å². The van der Waals surface area contributed by atoms with Gasteiger partial charge in [0.05, 0.1) is 6.10 Å². The fourth-order valence-electron chi connectivity index (χ4n) is 3.49. The van der Waals surface area contributed by atoms with E-state index >= 15 is 0 Å². The molecular formula is C19H41N2OP. The van der Waals surface area contributed by atoms with E-state index in [1.54, 1.807) is 0 Å². The molecule has 0 radical (unpaired) electrons. The zero-order chi connectivity index (χ0) is 18.5. The second-order valence-electron chi connectivity index (χ2n) is 8.02. The van der Waals surface area contributed by atoms with E-state index in [0.29, 0.717) is 23.4 Å². The van der Waals surface area contributed by atoms with Crippen molar-refractivity contribution in [1.82, 2.24) is 4.90 Å². The van der Waals surface area contributed by atoms with Crippen LogP contribution in [0.2, 0.25) is 0 Å². The Morgan fingerprint density at radius 3 is 1.39 bits per heavy atom. The summed E-state index contributed by atoms with van der Waals surface area (Å²) in [5.74, 6) is 0. The van der Waals surface area contributed by atoms with Gasteiger partial charge in [-0.1, -0.05) is 33.0 Å². The molecular weight excluding hydrogens is 303 g/mol. The van der Waals surface area contributed by atoms with E-state index in [2.05, 4.69) is 88.0 Å². The molecule has 23 heavy (non-hydrogen) atoms. The lowest BCUT2D eigenvalue weighted by Crippen LogP contribution is -2.44. The monoisotopic (exact) mass is 344 g/mol. The first-order valence-electron chi connectivity index (χ1n) is 9.12. The molecule has 0 aliphatic rings. The Kier molecular flexibility index (Phi) is 8.99. The van der Waals surface area contributed by atoms with E-state index in [-0.39, 0.29) is 6.10 Å². The third kappa shape index (κ3) is 5.55. The molecule has 0 aliphatic carbocycles. The highest BCUT2D eigenvalue weighted by Gasteiger charge is 2.31. The van der Waals surface area contributed by atoms with Crippen LogP contribution in [0.3, 0.4) is 0 Å². The van der Waals surface area contributed by atoms with Crippen LogP contribution in [0.15, 0.2) is 4.76 Å². The Morgan fingerprint density at radius 1 is 0.783 bits per heavy atom. The largest absolute Gasteiger partial charge is 0.462 e. The van der Waals surface area contributed by atoms with Crippen LogP contribution in [0, 0.1) is 0 Å². The maximum absolute atomic E-state index is 6.23. The maximum Gasteiger partial charge on any atom is 0.291 e. The number of amidine groups is 1. The topological polar surface area (TPSA) is 24.8 Å². The number of nitrogens with zero attached hydrogens (tertiary/aromatic N) is 2. The van der Waals surface area contributed by atoms with E-state index in [9.17, 15) is 0 Å². The normalized spacial score (nSPS) is 13.7. The van der Waals surface area contributed by atoms with Gasteiger partial charge in [0.2, 0.25) is 0 Å². The van der Waals surface area contributed by atoms with Gasteiger partial charge in [-0.2, -0.15) is 0 Å². The summed E-state index contributed by atoms with van der Waals surface area (Å²) >= 11 is 0. The lowest BCUT2D eigenvalue weighted by molar-refractivity contribution is 0.149. The molecule has 0 aromatic carbocycles. The standard InChI is InChI=1S/C19H41N2OP/c1-13(2)21(14(3)4)19(22-15(5)6)20-23(16(7)8,17(9)10)18(11)12/h13-17H,1-12H3. The Bertz CT molecular complexity index is 424. The molecule has 0 fully saturated rings. The summed E-state index contributed by atoms with van der Waals surface area (Å²) in [4.78, 5) is 2.32. The SMILES string of the molecule is CC(C)=P(N=C(OC(C)C)N(C(C)C)C(C)C)(C(C)C)C(C)C. The second-order valence-corrected chi connectivity index (χ2v) is 12.7. The van der Waals surface area contributed by atoms with Gasteiger partial charge in [0.15, 0.2) is 0 Å². The predicted octanol–water partition coefficient (Wildman–Crippen LogP) is 5.85. The average Bonchev–Trinajstić information content (AvgIpc) is 2.32. The molecule has 0 atom stereocenters. The second kappa shape index (κ2) is 9.16. The van der Waals surface area contributed by atoms with Crippen molar-refractivity contribution in [3.05, 3.63) is 0 Å². The highest BCUT2D eigenvalue weighted by atomic mass is 31.2. The van der Waals surface area contributed by atoms with Crippen molar-refractivity contribution in [2.75, 3.05) is 0 Å². The van der Waals surface area contributed by atoms with Crippen LogP contribution in [0.1, 0.15) is 83.1 Å². The van der Waals surface area contributed by atoms with Gasteiger partial charge in [0.1, 0.15) is 0 Å². The maximum atomic E-state index is 6.23. The molecule has 0 aliphatic heterocycles. The summed E-state index contributed by atoms with van der Waals surface area (Å²) in [6, 6.07) is 1.57. The van der Waals surface area contributed by atoms with Crippen LogP contribution in [0.4, 0.5) is 0 Å². The first kappa shape index (κ1) is 22.6. The molecule has 0 aromatic heterocycles. The van der Waals surface area contributed by atoms with Crippen LogP contribution < -0.4 is 0 Å². The molecule has 0 N–H and O–H groups in total. The molecule has 3 nitrogen and oxygen atoms in total. The van der Waals surface area contributed by atoms with Crippen LogP contribution in [0.5, 0.6) is 0 Å². The molecule has 0 bridgehead atoms. The molecule has 138 valence electrons. The fraction of sp³-hybridized carbons (Fsp3) is 0.895. The summed E-state index contributed by atoms with van der Waals surface area (Å²) < 4.78 is 11.6. The lowest BCUT2D eigenvalue weighted by Gasteiger charge is -2.38. The van der Waals surface area contributed by atoms with Gasteiger partial charge in [-0.25, -0.2) is 4.76 Å². The molecule has 4 heteroatoms. The minimum atomic E-state index is -1.62. The third-order valence-electron chi connectivity index (χ3n) is 4.22. The van der Waals surface area contributed by atoms with Gasteiger partial charge in [0.25, 0.3) is 6.02 Å². The first-order chi connectivity index (χ1) is 10.4. The molecule has 0 unspecified atom stereocenters. The predicted molar refractivity (Wildman–Crippen MR) is 109 cm³/mol. The van der Waals surface area contributed by atoms with E-state index in [1.165, 1.54) is 5.29 Å².